The summed E-state index contributed by atoms with van der Waals surface area (Å²) in [5.74, 6) is 2.45. The number of thioether (sulfide) groups is 1. The zero-order valence-corrected chi connectivity index (χ0v) is 8.98. The minimum Gasteiger partial charge on any atom is -0.311 e. The Labute approximate surface area is 85.0 Å². The molecular weight excluding hydrogens is 178 g/mol. The third kappa shape index (κ3) is 1.52. The second-order valence-electron chi connectivity index (χ2n) is 4.84. The first kappa shape index (κ1) is 8.60. The molecule has 0 aromatic carbocycles. The van der Waals surface area contributed by atoms with E-state index in [-0.39, 0.29) is 0 Å². The largest absolute Gasteiger partial charge is 0.311 e. The summed E-state index contributed by atoms with van der Waals surface area (Å²) in [4.78, 5) is 0. The van der Waals surface area contributed by atoms with Crippen molar-refractivity contribution < 1.29 is 0 Å². The Morgan fingerprint density at radius 2 is 1.92 bits per heavy atom. The third-order valence-corrected chi connectivity index (χ3v) is 5.62. The Bertz CT molecular complexity index is 187. The van der Waals surface area contributed by atoms with Crippen LogP contribution in [0.15, 0.2) is 0 Å². The average molecular weight is 197 g/mol. The van der Waals surface area contributed by atoms with Gasteiger partial charge in [0.05, 0.1) is 0 Å². The Morgan fingerprint density at radius 1 is 1.00 bits per heavy atom. The zero-order chi connectivity index (χ0) is 8.67. The van der Waals surface area contributed by atoms with Gasteiger partial charge in [-0.3, -0.25) is 0 Å². The minimum atomic E-state index is 0.896. The number of hydrogen-bond donors (Lipinski definition) is 1. The second kappa shape index (κ2) is 3.47. The van der Waals surface area contributed by atoms with Gasteiger partial charge in [-0.2, -0.15) is 11.8 Å². The summed E-state index contributed by atoms with van der Waals surface area (Å²) >= 11 is 2.25. The zero-order valence-electron chi connectivity index (χ0n) is 8.17. The highest BCUT2D eigenvalue weighted by Crippen LogP contribution is 2.41. The van der Waals surface area contributed by atoms with E-state index in [1.54, 1.807) is 0 Å². The van der Waals surface area contributed by atoms with Crippen molar-refractivity contribution in [2.75, 3.05) is 5.75 Å². The maximum absolute atomic E-state index is 3.80. The first-order valence-electron chi connectivity index (χ1n) is 5.81. The van der Waals surface area contributed by atoms with Gasteiger partial charge in [0, 0.05) is 17.3 Å². The maximum atomic E-state index is 3.80. The van der Waals surface area contributed by atoms with Crippen LogP contribution >= 0.6 is 11.8 Å². The highest BCUT2D eigenvalue weighted by molar-refractivity contribution is 8.00. The molecule has 3 rings (SSSR count). The Hall–Kier alpha value is 0.310. The van der Waals surface area contributed by atoms with Crippen LogP contribution in [0.3, 0.4) is 0 Å². The SMILES string of the molecule is C1CSC(C2CCC3CCC2N3)C1. The molecule has 2 bridgehead atoms. The summed E-state index contributed by atoms with van der Waals surface area (Å²) < 4.78 is 0. The van der Waals surface area contributed by atoms with E-state index in [0.717, 1.165) is 23.3 Å². The second-order valence-corrected chi connectivity index (χ2v) is 6.19. The van der Waals surface area contributed by atoms with Gasteiger partial charge in [0.15, 0.2) is 0 Å². The topological polar surface area (TPSA) is 12.0 Å². The van der Waals surface area contributed by atoms with Gasteiger partial charge in [0.25, 0.3) is 0 Å². The van der Waals surface area contributed by atoms with E-state index in [1.807, 2.05) is 0 Å². The number of piperidine rings is 1. The van der Waals surface area contributed by atoms with Crippen molar-refractivity contribution in [2.45, 2.75) is 55.9 Å². The van der Waals surface area contributed by atoms with E-state index >= 15 is 0 Å². The predicted octanol–water partition coefficient (Wildman–Crippen LogP) is 2.41. The lowest BCUT2D eigenvalue weighted by atomic mass is 9.87. The van der Waals surface area contributed by atoms with Crippen LogP contribution < -0.4 is 5.32 Å². The first-order chi connectivity index (χ1) is 6.43. The fourth-order valence-electron chi connectivity index (χ4n) is 3.40. The molecule has 13 heavy (non-hydrogen) atoms. The van der Waals surface area contributed by atoms with Crippen LogP contribution in [0.1, 0.15) is 38.5 Å². The van der Waals surface area contributed by atoms with E-state index in [2.05, 4.69) is 17.1 Å². The molecule has 3 aliphatic rings. The molecule has 1 N–H and O–H groups in total. The highest BCUT2D eigenvalue weighted by atomic mass is 32.2. The van der Waals surface area contributed by atoms with Crippen molar-refractivity contribution in [1.29, 1.82) is 0 Å². The van der Waals surface area contributed by atoms with Gasteiger partial charge in [-0.15, -0.1) is 0 Å². The summed E-state index contributed by atoms with van der Waals surface area (Å²) in [5, 5.41) is 4.81. The smallest absolute Gasteiger partial charge is 0.0109 e. The van der Waals surface area contributed by atoms with Gasteiger partial charge in [-0.05, 0) is 50.2 Å². The summed E-state index contributed by atoms with van der Waals surface area (Å²) in [6, 6.07) is 1.79. The lowest BCUT2D eigenvalue weighted by Gasteiger charge is -2.33. The van der Waals surface area contributed by atoms with Gasteiger partial charge >= 0.3 is 0 Å². The maximum Gasteiger partial charge on any atom is 0.0109 e. The molecule has 0 radical (unpaired) electrons. The summed E-state index contributed by atoms with van der Waals surface area (Å²) in [6.07, 6.45) is 8.86. The molecule has 4 atom stereocenters. The molecular formula is C11H19NS. The molecule has 3 aliphatic heterocycles. The van der Waals surface area contributed by atoms with Gasteiger partial charge < -0.3 is 5.32 Å². The van der Waals surface area contributed by atoms with Crippen molar-refractivity contribution in [3.8, 4) is 0 Å². The molecule has 0 amide bonds. The van der Waals surface area contributed by atoms with Crippen LogP contribution in [0.5, 0.6) is 0 Å². The molecule has 3 heterocycles. The van der Waals surface area contributed by atoms with Crippen LogP contribution in [0.2, 0.25) is 0 Å². The van der Waals surface area contributed by atoms with Crippen LogP contribution in [-0.4, -0.2) is 23.1 Å². The van der Waals surface area contributed by atoms with Crippen LogP contribution in [0, 0.1) is 5.92 Å². The molecule has 0 aromatic rings. The monoisotopic (exact) mass is 197 g/mol. The molecule has 4 unspecified atom stereocenters. The van der Waals surface area contributed by atoms with Crippen molar-refractivity contribution in [3.05, 3.63) is 0 Å². The van der Waals surface area contributed by atoms with Gasteiger partial charge in [0.2, 0.25) is 0 Å². The Morgan fingerprint density at radius 3 is 2.77 bits per heavy atom. The highest BCUT2D eigenvalue weighted by Gasteiger charge is 2.39. The molecule has 3 saturated heterocycles. The Balaban J connectivity index is 1.69. The fourth-order valence-corrected chi connectivity index (χ4v) is 4.94. The van der Waals surface area contributed by atoms with E-state index in [9.17, 15) is 0 Å². The fraction of sp³-hybridized carbons (Fsp3) is 1.00. The van der Waals surface area contributed by atoms with Crippen molar-refractivity contribution >= 4 is 11.8 Å². The molecule has 0 spiro atoms. The van der Waals surface area contributed by atoms with E-state index in [1.165, 1.54) is 44.3 Å². The summed E-state index contributed by atoms with van der Waals surface area (Å²) in [6.45, 7) is 0. The van der Waals surface area contributed by atoms with Gasteiger partial charge in [-0.1, -0.05) is 0 Å². The van der Waals surface area contributed by atoms with Gasteiger partial charge in [0.1, 0.15) is 0 Å². The van der Waals surface area contributed by atoms with Crippen molar-refractivity contribution in [2.24, 2.45) is 5.92 Å². The number of fused-ring (bicyclic) bond motifs is 2. The summed E-state index contributed by atoms with van der Waals surface area (Å²) in [7, 11) is 0. The number of nitrogens with one attached hydrogen (secondary N) is 1. The quantitative estimate of drug-likeness (QED) is 0.693. The van der Waals surface area contributed by atoms with E-state index in [4.69, 9.17) is 0 Å². The average Bonchev–Trinajstić information content (AvgIpc) is 2.77. The lowest BCUT2D eigenvalue weighted by Crippen LogP contribution is -2.43. The normalized spacial score (nSPS) is 49.8. The minimum absolute atomic E-state index is 0.896. The molecule has 74 valence electrons. The molecule has 2 heteroatoms. The number of rotatable bonds is 1. The Kier molecular flexibility index (Phi) is 2.30. The third-order valence-electron chi connectivity index (χ3n) is 4.08. The van der Waals surface area contributed by atoms with Crippen LogP contribution in [0.25, 0.3) is 0 Å². The molecule has 3 fully saturated rings. The van der Waals surface area contributed by atoms with E-state index < -0.39 is 0 Å². The van der Waals surface area contributed by atoms with Crippen molar-refractivity contribution in [1.82, 2.24) is 5.32 Å². The van der Waals surface area contributed by atoms with E-state index in [0.29, 0.717) is 0 Å². The standard InChI is InChI=1S/C11H19NS/c1-2-11(13-7-1)9-5-3-8-4-6-10(9)12-8/h8-12H,1-7H2. The van der Waals surface area contributed by atoms with Crippen molar-refractivity contribution in [3.63, 3.8) is 0 Å². The van der Waals surface area contributed by atoms with Crippen LogP contribution in [-0.2, 0) is 0 Å². The predicted molar refractivity (Wildman–Crippen MR) is 58.1 cm³/mol. The number of hydrogen-bond acceptors (Lipinski definition) is 2. The van der Waals surface area contributed by atoms with Crippen LogP contribution in [0.4, 0.5) is 0 Å². The van der Waals surface area contributed by atoms with Gasteiger partial charge in [-0.25, -0.2) is 0 Å². The molecule has 1 nitrogen and oxygen atoms in total. The first-order valence-corrected chi connectivity index (χ1v) is 6.86. The lowest BCUT2D eigenvalue weighted by molar-refractivity contribution is 0.281. The molecule has 0 aromatic heterocycles. The molecule has 0 saturated carbocycles. The summed E-state index contributed by atoms with van der Waals surface area (Å²) in [5.41, 5.74) is 0. The molecule has 0 aliphatic carbocycles.